The first-order chi connectivity index (χ1) is 14.7. The molecule has 0 radical (unpaired) electrons. The maximum Gasteiger partial charge on any atom is 0.261 e. The minimum atomic E-state index is -0.00291. The molecule has 6 nitrogen and oxygen atoms in total. The van der Waals surface area contributed by atoms with Crippen molar-refractivity contribution in [3.63, 3.8) is 0 Å². The molecule has 1 aliphatic rings. The van der Waals surface area contributed by atoms with Gasteiger partial charge in [-0.15, -0.1) is 0 Å². The summed E-state index contributed by atoms with van der Waals surface area (Å²) in [6.07, 6.45) is 5.69. The molecule has 0 saturated carbocycles. The van der Waals surface area contributed by atoms with Crippen LogP contribution in [0.4, 0.5) is 0 Å². The topological polar surface area (TPSA) is 80.8 Å². The van der Waals surface area contributed by atoms with Crippen molar-refractivity contribution in [3.8, 4) is 6.07 Å². The van der Waals surface area contributed by atoms with Crippen LogP contribution in [-0.4, -0.2) is 27.7 Å². The van der Waals surface area contributed by atoms with Crippen LogP contribution in [0.15, 0.2) is 59.8 Å². The monoisotopic (exact) mass is 396 g/mol. The fourth-order valence-electron chi connectivity index (χ4n) is 4.23. The number of ether oxygens (including phenoxy) is 1. The van der Waals surface area contributed by atoms with Crippen LogP contribution in [0.3, 0.4) is 0 Å². The molecule has 0 atom stereocenters. The number of hydrogen-bond donors (Lipinski definition) is 0. The fourth-order valence-corrected chi connectivity index (χ4v) is 4.23. The lowest BCUT2D eigenvalue weighted by Crippen LogP contribution is -2.29. The quantitative estimate of drug-likeness (QED) is 0.493. The smallest absolute Gasteiger partial charge is 0.261 e. The van der Waals surface area contributed by atoms with Gasteiger partial charge in [0.05, 0.1) is 17.2 Å². The zero-order valence-electron chi connectivity index (χ0n) is 16.4. The summed E-state index contributed by atoms with van der Waals surface area (Å²) >= 11 is 0. The van der Waals surface area contributed by atoms with Crippen molar-refractivity contribution >= 4 is 21.7 Å². The van der Waals surface area contributed by atoms with Gasteiger partial charge in [-0.25, -0.2) is 9.97 Å². The van der Waals surface area contributed by atoms with Gasteiger partial charge in [-0.1, -0.05) is 30.3 Å². The minimum Gasteiger partial charge on any atom is -0.381 e. The van der Waals surface area contributed by atoms with E-state index in [1.54, 1.807) is 23.2 Å². The van der Waals surface area contributed by atoms with Gasteiger partial charge in [0.2, 0.25) is 0 Å². The molecule has 2 aromatic heterocycles. The lowest BCUT2D eigenvalue weighted by Gasteiger charge is -2.24. The van der Waals surface area contributed by atoms with Gasteiger partial charge in [-0.2, -0.15) is 5.26 Å². The number of hydrogen-bond acceptors (Lipinski definition) is 5. The van der Waals surface area contributed by atoms with E-state index in [0.29, 0.717) is 30.7 Å². The second kappa shape index (κ2) is 7.69. The van der Waals surface area contributed by atoms with Crippen LogP contribution >= 0.6 is 0 Å². The van der Waals surface area contributed by atoms with Gasteiger partial charge in [0, 0.05) is 30.8 Å². The predicted molar refractivity (Wildman–Crippen MR) is 114 cm³/mol. The Balaban J connectivity index is 1.67. The molecule has 0 amide bonds. The maximum absolute atomic E-state index is 13.4. The Morgan fingerprint density at radius 2 is 1.87 bits per heavy atom. The molecule has 2 aromatic carbocycles. The van der Waals surface area contributed by atoms with Gasteiger partial charge in [0.25, 0.3) is 5.56 Å². The fraction of sp³-hybridized carbons (Fsp3) is 0.250. The van der Waals surface area contributed by atoms with Crippen molar-refractivity contribution in [2.45, 2.75) is 25.3 Å². The average Bonchev–Trinajstić information content (AvgIpc) is 2.81. The van der Waals surface area contributed by atoms with Gasteiger partial charge in [-0.05, 0) is 47.9 Å². The number of fused-ring (bicyclic) bond motifs is 3. The summed E-state index contributed by atoms with van der Waals surface area (Å²) in [5.74, 6) is 0. The Morgan fingerprint density at radius 1 is 1.07 bits per heavy atom. The third kappa shape index (κ3) is 3.23. The lowest BCUT2D eigenvalue weighted by molar-refractivity contribution is 0.0685. The summed E-state index contributed by atoms with van der Waals surface area (Å²) < 4.78 is 7.22. The van der Waals surface area contributed by atoms with E-state index in [9.17, 15) is 4.79 Å². The zero-order chi connectivity index (χ0) is 20.5. The molecule has 1 fully saturated rings. The van der Waals surface area contributed by atoms with E-state index >= 15 is 0 Å². The number of rotatable bonds is 3. The Morgan fingerprint density at radius 3 is 2.60 bits per heavy atom. The van der Waals surface area contributed by atoms with Crippen LogP contribution in [0.25, 0.3) is 21.7 Å². The van der Waals surface area contributed by atoms with Gasteiger partial charge in [-0.3, -0.25) is 9.36 Å². The molecule has 0 N–H and O–H groups in total. The van der Waals surface area contributed by atoms with E-state index in [-0.39, 0.29) is 11.6 Å². The number of pyridine rings is 1. The molecule has 5 rings (SSSR count). The minimum absolute atomic E-state index is 0.00291. The largest absolute Gasteiger partial charge is 0.381 e. The zero-order valence-corrected chi connectivity index (χ0v) is 16.4. The number of nitrogens with zero attached hydrogens (tertiary/aromatic N) is 4. The van der Waals surface area contributed by atoms with Crippen molar-refractivity contribution < 1.29 is 4.74 Å². The van der Waals surface area contributed by atoms with Crippen LogP contribution in [0.5, 0.6) is 0 Å². The molecule has 6 heteroatoms. The molecule has 4 aromatic rings. The Labute approximate surface area is 173 Å². The van der Waals surface area contributed by atoms with Gasteiger partial charge < -0.3 is 4.74 Å². The summed E-state index contributed by atoms with van der Waals surface area (Å²) in [4.78, 5) is 22.3. The van der Waals surface area contributed by atoms with E-state index in [4.69, 9.17) is 10.00 Å². The van der Waals surface area contributed by atoms with E-state index in [1.807, 2.05) is 36.4 Å². The summed E-state index contributed by atoms with van der Waals surface area (Å²) in [7, 11) is 0. The second-order valence-electron chi connectivity index (χ2n) is 7.62. The molecular formula is C24H20N4O2. The van der Waals surface area contributed by atoms with Gasteiger partial charge in [0.15, 0.2) is 0 Å². The van der Waals surface area contributed by atoms with E-state index in [0.717, 1.165) is 40.3 Å². The third-order valence-electron chi connectivity index (χ3n) is 5.80. The molecule has 148 valence electrons. The molecule has 30 heavy (non-hydrogen) atoms. The average molecular weight is 396 g/mol. The summed E-state index contributed by atoms with van der Waals surface area (Å²) in [6, 6.07) is 15.8. The van der Waals surface area contributed by atoms with Crippen LogP contribution in [0, 0.1) is 11.3 Å². The second-order valence-corrected chi connectivity index (χ2v) is 7.62. The van der Waals surface area contributed by atoms with Crippen LogP contribution in [0.2, 0.25) is 0 Å². The highest BCUT2D eigenvalue weighted by Crippen LogP contribution is 2.28. The standard InChI is InChI=1S/C24H20N4O2/c25-13-18-6-5-16(14-26-18)11-17-12-22-23(21-4-2-1-3-20(17)21)27-15-28(24(22)29)19-7-9-30-10-8-19/h1-6,12,14-15,19H,7-11H2. The van der Waals surface area contributed by atoms with Crippen molar-refractivity contribution in [3.05, 3.63) is 82.2 Å². The lowest BCUT2D eigenvalue weighted by atomic mass is 9.96. The van der Waals surface area contributed by atoms with Crippen LogP contribution in [0.1, 0.15) is 35.7 Å². The van der Waals surface area contributed by atoms with Crippen molar-refractivity contribution in [2.24, 2.45) is 0 Å². The third-order valence-corrected chi connectivity index (χ3v) is 5.80. The highest BCUT2D eigenvalue weighted by Gasteiger charge is 2.19. The predicted octanol–water partition coefficient (Wildman–Crippen LogP) is 3.76. The van der Waals surface area contributed by atoms with Gasteiger partial charge >= 0.3 is 0 Å². The molecule has 1 saturated heterocycles. The molecule has 0 bridgehead atoms. The van der Waals surface area contributed by atoms with Gasteiger partial charge in [0.1, 0.15) is 11.8 Å². The molecule has 3 heterocycles. The molecule has 0 unspecified atom stereocenters. The molecule has 0 aliphatic carbocycles. The van der Waals surface area contributed by atoms with Crippen LogP contribution < -0.4 is 5.56 Å². The summed E-state index contributed by atoms with van der Waals surface area (Å²) in [5, 5.41) is 11.7. The number of aromatic nitrogens is 3. The van der Waals surface area contributed by atoms with Crippen molar-refractivity contribution in [1.29, 1.82) is 5.26 Å². The maximum atomic E-state index is 13.4. The number of nitriles is 1. The first-order valence-corrected chi connectivity index (χ1v) is 10.1. The molecule has 0 spiro atoms. The first kappa shape index (κ1) is 18.5. The summed E-state index contributed by atoms with van der Waals surface area (Å²) in [6.45, 7) is 1.34. The van der Waals surface area contributed by atoms with E-state index in [1.165, 1.54) is 0 Å². The van der Waals surface area contributed by atoms with Crippen molar-refractivity contribution in [1.82, 2.24) is 14.5 Å². The SMILES string of the molecule is N#Cc1ccc(Cc2cc3c(=O)n(C4CCOCC4)cnc3c3ccccc23)cn1. The highest BCUT2D eigenvalue weighted by atomic mass is 16.5. The highest BCUT2D eigenvalue weighted by molar-refractivity contribution is 6.06. The molecule has 1 aliphatic heterocycles. The Hall–Kier alpha value is -3.56. The van der Waals surface area contributed by atoms with Crippen LogP contribution in [-0.2, 0) is 11.2 Å². The van der Waals surface area contributed by atoms with Crippen molar-refractivity contribution in [2.75, 3.05) is 13.2 Å². The molecular weight excluding hydrogens is 376 g/mol. The van der Waals surface area contributed by atoms with E-state index in [2.05, 4.69) is 16.0 Å². The normalized spacial score (nSPS) is 14.8. The van der Waals surface area contributed by atoms with E-state index < -0.39 is 0 Å². The Bertz CT molecular complexity index is 1330. The Kier molecular flexibility index (Phi) is 4.74. The number of benzene rings is 2. The summed E-state index contributed by atoms with van der Waals surface area (Å²) in [5.41, 5.74) is 3.17. The first-order valence-electron chi connectivity index (χ1n) is 10.1.